The Labute approximate surface area is 171 Å². The van der Waals surface area contributed by atoms with Crippen LogP contribution in [-0.4, -0.2) is 18.1 Å². The molecule has 0 aliphatic carbocycles. The number of benzene rings is 3. The minimum absolute atomic E-state index is 0.124. The number of hydrogen-bond donors (Lipinski definition) is 1. The number of rotatable bonds is 9. The first-order chi connectivity index (χ1) is 14.1. The summed E-state index contributed by atoms with van der Waals surface area (Å²) in [6, 6.07) is 22.8. The van der Waals surface area contributed by atoms with Crippen molar-refractivity contribution in [3.8, 4) is 0 Å². The molecule has 0 aliphatic rings. The van der Waals surface area contributed by atoms with Gasteiger partial charge in [-0.25, -0.2) is 4.39 Å². The smallest absolute Gasteiger partial charge is 0.214 e. The summed E-state index contributed by atoms with van der Waals surface area (Å²) in [4.78, 5) is 13.1. The van der Waals surface area contributed by atoms with E-state index in [-0.39, 0.29) is 18.3 Å². The average Bonchev–Trinajstić information content (AvgIpc) is 2.76. The number of halogens is 1. The van der Waals surface area contributed by atoms with E-state index >= 15 is 0 Å². The first kappa shape index (κ1) is 20.7. The number of carbonyl (C=O) groups is 1. The third kappa shape index (κ3) is 5.30. The molecule has 0 aliphatic heterocycles. The lowest BCUT2D eigenvalue weighted by Crippen LogP contribution is -2.22. The van der Waals surface area contributed by atoms with Gasteiger partial charge in [-0.2, -0.15) is 0 Å². The second-order valence-electron chi connectivity index (χ2n) is 7.15. The highest BCUT2D eigenvalue weighted by Gasteiger charge is 2.17. The maximum Gasteiger partial charge on any atom is 0.214 e. The molecule has 1 atom stereocenters. The monoisotopic (exact) mass is 391 g/mol. The van der Waals surface area contributed by atoms with Gasteiger partial charge in [0.25, 0.3) is 0 Å². The summed E-state index contributed by atoms with van der Waals surface area (Å²) in [5.74, 6) is -0.0905. The highest BCUT2D eigenvalue weighted by Crippen LogP contribution is 2.30. The van der Waals surface area contributed by atoms with Crippen LogP contribution in [0.5, 0.6) is 0 Å². The van der Waals surface area contributed by atoms with Gasteiger partial charge < -0.3 is 10.0 Å². The molecule has 150 valence electrons. The fourth-order valence-corrected chi connectivity index (χ4v) is 3.65. The van der Waals surface area contributed by atoms with Gasteiger partial charge in [0.1, 0.15) is 5.82 Å². The molecule has 0 bridgehead atoms. The molecule has 1 N–H and O–H groups in total. The molecule has 1 amide bonds. The van der Waals surface area contributed by atoms with Gasteiger partial charge in [-0.05, 0) is 60.6 Å². The van der Waals surface area contributed by atoms with Crippen LogP contribution in [-0.2, 0) is 24.2 Å². The van der Waals surface area contributed by atoms with E-state index in [0.717, 1.165) is 41.6 Å². The predicted molar refractivity (Wildman–Crippen MR) is 114 cm³/mol. The van der Waals surface area contributed by atoms with Gasteiger partial charge >= 0.3 is 0 Å². The molecule has 0 saturated carbocycles. The summed E-state index contributed by atoms with van der Waals surface area (Å²) in [6.07, 6.45) is 2.37. The lowest BCUT2D eigenvalue weighted by molar-refractivity contribution is -0.107. The Morgan fingerprint density at radius 1 is 0.966 bits per heavy atom. The second kappa shape index (κ2) is 9.99. The van der Waals surface area contributed by atoms with E-state index in [9.17, 15) is 14.3 Å². The van der Waals surface area contributed by atoms with Crippen LogP contribution in [0.4, 0.5) is 10.1 Å². The molecule has 1 unspecified atom stereocenters. The van der Waals surface area contributed by atoms with E-state index in [1.807, 2.05) is 55.5 Å². The van der Waals surface area contributed by atoms with Gasteiger partial charge in [-0.3, -0.25) is 4.79 Å². The van der Waals surface area contributed by atoms with Crippen molar-refractivity contribution in [1.29, 1.82) is 0 Å². The number of amides is 1. The Hall–Kier alpha value is -2.98. The molecule has 0 aromatic heterocycles. The van der Waals surface area contributed by atoms with Crippen LogP contribution in [0.15, 0.2) is 72.8 Å². The highest BCUT2D eigenvalue weighted by molar-refractivity contribution is 5.77. The van der Waals surface area contributed by atoms with Gasteiger partial charge in [0, 0.05) is 17.8 Å². The molecule has 29 heavy (non-hydrogen) atoms. The molecule has 3 aromatic carbocycles. The highest BCUT2D eigenvalue weighted by atomic mass is 19.1. The summed E-state index contributed by atoms with van der Waals surface area (Å²) >= 11 is 0. The van der Waals surface area contributed by atoms with Crippen LogP contribution in [0.1, 0.15) is 35.1 Å². The van der Waals surface area contributed by atoms with Gasteiger partial charge in [0.2, 0.25) is 6.41 Å². The predicted octanol–water partition coefficient (Wildman–Crippen LogP) is 4.87. The average molecular weight is 391 g/mol. The Balaban J connectivity index is 1.99. The molecule has 0 radical (unpaired) electrons. The fraction of sp³-hybridized carbons (Fsp3) is 0.240. The number of nitrogens with zero attached hydrogens (tertiary/aromatic N) is 1. The van der Waals surface area contributed by atoms with Crippen LogP contribution in [0.25, 0.3) is 0 Å². The largest absolute Gasteiger partial charge is 0.392 e. The molecule has 0 fully saturated rings. The molecular weight excluding hydrogens is 365 g/mol. The lowest BCUT2D eigenvalue weighted by atomic mass is 9.86. The van der Waals surface area contributed by atoms with E-state index in [2.05, 4.69) is 12.1 Å². The topological polar surface area (TPSA) is 40.5 Å². The van der Waals surface area contributed by atoms with Crippen molar-refractivity contribution in [2.45, 2.75) is 32.3 Å². The van der Waals surface area contributed by atoms with Crippen molar-refractivity contribution < 1.29 is 14.3 Å². The van der Waals surface area contributed by atoms with Crippen molar-refractivity contribution in [2.24, 2.45) is 0 Å². The summed E-state index contributed by atoms with van der Waals surface area (Å²) in [5, 5.41) is 9.71. The van der Waals surface area contributed by atoms with Crippen LogP contribution < -0.4 is 4.90 Å². The van der Waals surface area contributed by atoms with Crippen molar-refractivity contribution >= 4 is 12.1 Å². The number of carbonyl (C=O) groups excluding carboxylic acids is 1. The minimum atomic E-state index is -0.243. The fourth-order valence-electron chi connectivity index (χ4n) is 3.65. The summed E-state index contributed by atoms with van der Waals surface area (Å²) in [7, 11) is 0. The van der Waals surface area contributed by atoms with Crippen molar-refractivity contribution in [3.05, 3.63) is 101 Å². The third-order valence-corrected chi connectivity index (χ3v) is 5.25. The van der Waals surface area contributed by atoms with Crippen molar-refractivity contribution in [1.82, 2.24) is 0 Å². The summed E-state index contributed by atoms with van der Waals surface area (Å²) < 4.78 is 13.3. The van der Waals surface area contributed by atoms with Gasteiger partial charge in [0.05, 0.1) is 6.61 Å². The maximum atomic E-state index is 13.3. The van der Waals surface area contributed by atoms with Gasteiger partial charge in [0.15, 0.2) is 0 Å². The summed E-state index contributed by atoms with van der Waals surface area (Å²) in [5.41, 5.74) is 4.83. The van der Waals surface area contributed by atoms with Crippen LogP contribution >= 0.6 is 0 Å². The van der Waals surface area contributed by atoms with E-state index < -0.39 is 0 Å². The first-order valence-electron chi connectivity index (χ1n) is 9.88. The Kier molecular flexibility index (Phi) is 7.14. The van der Waals surface area contributed by atoms with Gasteiger partial charge in [-0.15, -0.1) is 0 Å². The molecule has 4 heteroatoms. The first-order valence-corrected chi connectivity index (χ1v) is 9.88. The number of aliphatic hydroxyl groups excluding tert-OH is 1. The third-order valence-electron chi connectivity index (χ3n) is 5.25. The molecule has 0 spiro atoms. The van der Waals surface area contributed by atoms with Crippen LogP contribution in [0.2, 0.25) is 0 Å². The zero-order chi connectivity index (χ0) is 20.6. The molecule has 3 rings (SSSR count). The zero-order valence-corrected chi connectivity index (χ0v) is 16.6. The van der Waals surface area contributed by atoms with Crippen molar-refractivity contribution in [2.75, 3.05) is 11.4 Å². The minimum Gasteiger partial charge on any atom is -0.392 e. The lowest BCUT2D eigenvalue weighted by Gasteiger charge is -2.23. The normalized spacial score (nSPS) is 11.8. The zero-order valence-electron chi connectivity index (χ0n) is 16.6. The molecule has 0 heterocycles. The molecule has 0 saturated heterocycles. The SMILES string of the molecule is CCN(C=O)c1cc(C(Cc2ccccc2)Cc2ccc(F)cc2)ccc1CO. The van der Waals surface area contributed by atoms with E-state index in [4.69, 9.17) is 0 Å². The van der Waals surface area contributed by atoms with E-state index in [1.54, 1.807) is 4.90 Å². The Morgan fingerprint density at radius 3 is 2.21 bits per heavy atom. The molecule has 3 aromatic rings. The molecular formula is C25H26FNO2. The van der Waals surface area contributed by atoms with Crippen LogP contribution in [0.3, 0.4) is 0 Å². The molecule has 3 nitrogen and oxygen atoms in total. The summed E-state index contributed by atoms with van der Waals surface area (Å²) in [6.45, 7) is 2.31. The number of hydrogen-bond acceptors (Lipinski definition) is 2. The van der Waals surface area contributed by atoms with Crippen molar-refractivity contribution in [3.63, 3.8) is 0 Å². The standard InChI is InChI=1S/C25H26FNO2/c1-2-27(18-29)25-16-21(10-11-22(25)17-28)23(14-19-6-4-3-5-7-19)15-20-8-12-24(26)13-9-20/h3-13,16,18,23,28H,2,14-15,17H2,1H3. The number of anilines is 1. The van der Waals surface area contributed by atoms with E-state index in [0.29, 0.717) is 6.54 Å². The quantitative estimate of drug-likeness (QED) is 0.529. The Morgan fingerprint density at radius 2 is 1.62 bits per heavy atom. The van der Waals surface area contributed by atoms with E-state index in [1.165, 1.54) is 17.7 Å². The second-order valence-corrected chi connectivity index (χ2v) is 7.15. The maximum absolute atomic E-state index is 13.3. The van der Waals surface area contributed by atoms with Gasteiger partial charge in [-0.1, -0.05) is 54.6 Å². The number of aliphatic hydroxyl groups is 1. The Bertz CT molecular complexity index is 925. The van der Waals surface area contributed by atoms with Crippen LogP contribution in [0, 0.1) is 5.82 Å².